The van der Waals surface area contributed by atoms with Crippen LogP contribution in [0.4, 0.5) is 4.39 Å². The van der Waals surface area contributed by atoms with Crippen LogP contribution in [0, 0.1) is 5.82 Å². The molecule has 3 aromatic carbocycles. The van der Waals surface area contributed by atoms with Crippen LogP contribution < -0.4 is 0 Å². The average Bonchev–Trinajstić information content (AvgIpc) is 2.67. The fourth-order valence-electron chi connectivity index (χ4n) is 4.08. The molecule has 3 aromatic rings. The Labute approximate surface area is 155 Å². The van der Waals surface area contributed by atoms with Crippen LogP contribution in [-0.2, 0) is 6.42 Å². The second-order valence-electron chi connectivity index (χ2n) is 7.44. The van der Waals surface area contributed by atoms with E-state index >= 15 is 0 Å². The topological polar surface area (TPSA) is 3.24 Å². The summed E-state index contributed by atoms with van der Waals surface area (Å²) in [5.41, 5.74) is 6.44. The molecule has 0 N–H and O–H groups in total. The fraction of sp³-hybridized carbons (Fsp3) is 0.250. The molecule has 2 heteroatoms. The normalized spacial score (nSPS) is 19.4. The lowest BCUT2D eigenvalue weighted by Crippen LogP contribution is -2.35. The van der Waals surface area contributed by atoms with Crippen LogP contribution in [-0.4, -0.2) is 25.0 Å². The van der Waals surface area contributed by atoms with Gasteiger partial charge in [-0.25, -0.2) is 4.39 Å². The smallest absolute Gasteiger partial charge is 0.123 e. The van der Waals surface area contributed by atoms with E-state index in [2.05, 4.69) is 67.5 Å². The van der Waals surface area contributed by atoms with Crippen LogP contribution in [0.25, 0.3) is 11.1 Å². The van der Waals surface area contributed by atoms with Gasteiger partial charge in [0.05, 0.1) is 0 Å². The Morgan fingerprint density at radius 2 is 1.62 bits per heavy atom. The summed E-state index contributed by atoms with van der Waals surface area (Å²) in [7, 11) is 4.34. The molecule has 0 saturated carbocycles. The second-order valence-corrected chi connectivity index (χ2v) is 7.44. The van der Waals surface area contributed by atoms with Crippen molar-refractivity contribution in [2.24, 2.45) is 0 Å². The minimum Gasteiger partial charge on any atom is -0.306 e. The molecule has 26 heavy (non-hydrogen) atoms. The van der Waals surface area contributed by atoms with Crippen LogP contribution in [0.5, 0.6) is 0 Å². The molecule has 4 rings (SSSR count). The number of fused-ring (bicyclic) bond motifs is 1. The average molecular weight is 345 g/mol. The van der Waals surface area contributed by atoms with Crippen molar-refractivity contribution in [3.8, 4) is 11.1 Å². The Kier molecular flexibility index (Phi) is 4.60. The van der Waals surface area contributed by atoms with E-state index in [0.717, 1.165) is 24.0 Å². The van der Waals surface area contributed by atoms with Crippen LogP contribution in [0.1, 0.15) is 29.0 Å². The third kappa shape index (κ3) is 3.30. The quantitative estimate of drug-likeness (QED) is 0.606. The molecule has 0 unspecified atom stereocenters. The van der Waals surface area contributed by atoms with Crippen LogP contribution in [0.15, 0.2) is 72.8 Å². The zero-order valence-electron chi connectivity index (χ0n) is 15.3. The van der Waals surface area contributed by atoms with Crippen LogP contribution in [0.3, 0.4) is 0 Å². The van der Waals surface area contributed by atoms with Crippen molar-refractivity contribution in [1.82, 2.24) is 4.90 Å². The summed E-state index contributed by atoms with van der Waals surface area (Å²) < 4.78 is 13.3. The van der Waals surface area contributed by atoms with Crippen LogP contribution >= 0.6 is 0 Å². The van der Waals surface area contributed by atoms with Crippen molar-refractivity contribution in [3.05, 3.63) is 95.3 Å². The summed E-state index contributed by atoms with van der Waals surface area (Å²) in [5, 5.41) is 0. The van der Waals surface area contributed by atoms with Crippen molar-refractivity contribution in [3.63, 3.8) is 0 Å². The molecule has 0 bridgehead atoms. The molecule has 0 aliphatic heterocycles. The monoisotopic (exact) mass is 345 g/mol. The third-order valence-corrected chi connectivity index (χ3v) is 5.59. The molecule has 0 saturated heterocycles. The molecule has 0 fully saturated rings. The molecule has 132 valence electrons. The number of likely N-dealkylation sites (N-methyl/N-ethyl adjacent to an activating group) is 1. The van der Waals surface area contributed by atoms with E-state index in [0.29, 0.717) is 12.0 Å². The van der Waals surface area contributed by atoms with E-state index in [1.165, 1.54) is 28.8 Å². The molecule has 0 radical (unpaired) electrons. The minimum atomic E-state index is -0.195. The van der Waals surface area contributed by atoms with Crippen molar-refractivity contribution in [1.29, 1.82) is 0 Å². The van der Waals surface area contributed by atoms with Gasteiger partial charge in [0.2, 0.25) is 0 Å². The van der Waals surface area contributed by atoms with Gasteiger partial charge in [-0.2, -0.15) is 0 Å². The summed E-state index contributed by atoms with van der Waals surface area (Å²) in [6.07, 6.45) is 2.23. The largest absolute Gasteiger partial charge is 0.306 e. The summed E-state index contributed by atoms with van der Waals surface area (Å²) in [4.78, 5) is 2.34. The number of rotatable bonds is 3. The summed E-state index contributed by atoms with van der Waals surface area (Å²) in [5.74, 6) is 0.202. The van der Waals surface area contributed by atoms with Gasteiger partial charge >= 0.3 is 0 Å². The van der Waals surface area contributed by atoms with Gasteiger partial charge in [-0.05, 0) is 66.9 Å². The zero-order chi connectivity index (χ0) is 18.1. The van der Waals surface area contributed by atoms with E-state index in [9.17, 15) is 4.39 Å². The van der Waals surface area contributed by atoms with Gasteiger partial charge in [-0.1, -0.05) is 60.7 Å². The van der Waals surface area contributed by atoms with Crippen molar-refractivity contribution < 1.29 is 4.39 Å². The second kappa shape index (κ2) is 7.05. The molecular formula is C24H24FN. The van der Waals surface area contributed by atoms with E-state index in [-0.39, 0.29) is 5.82 Å². The maximum absolute atomic E-state index is 13.3. The van der Waals surface area contributed by atoms with Gasteiger partial charge in [-0.3, -0.25) is 0 Å². The highest BCUT2D eigenvalue weighted by Crippen LogP contribution is 2.39. The van der Waals surface area contributed by atoms with Gasteiger partial charge in [-0.15, -0.1) is 0 Å². The van der Waals surface area contributed by atoms with Crippen molar-refractivity contribution in [2.75, 3.05) is 14.1 Å². The Bertz CT molecular complexity index is 898. The standard InChI is InChI=1S/C24H24FN/c1-26(2)22-15-20-6-3-4-9-23(20)24(16-22)19-8-5-7-18(14-19)17-10-12-21(25)13-11-17/h3-14,22,24H,15-16H2,1-2H3/t22-,24-/m0/s1. The molecule has 2 atom stereocenters. The summed E-state index contributed by atoms with van der Waals surface area (Å²) >= 11 is 0. The van der Waals surface area contributed by atoms with Gasteiger partial charge in [0.25, 0.3) is 0 Å². The Hall–Kier alpha value is -2.45. The Morgan fingerprint density at radius 3 is 2.38 bits per heavy atom. The molecule has 0 amide bonds. The summed E-state index contributed by atoms with van der Waals surface area (Å²) in [6.45, 7) is 0. The highest BCUT2D eigenvalue weighted by atomic mass is 19.1. The highest BCUT2D eigenvalue weighted by molar-refractivity contribution is 5.64. The Balaban J connectivity index is 1.74. The van der Waals surface area contributed by atoms with Crippen molar-refractivity contribution in [2.45, 2.75) is 24.8 Å². The first-order valence-electron chi connectivity index (χ1n) is 9.22. The number of hydrogen-bond donors (Lipinski definition) is 0. The molecule has 1 aliphatic carbocycles. The Morgan fingerprint density at radius 1 is 0.846 bits per heavy atom. The predicted octanol–water partition coefficient (Wildman–Crippen LogP) is 5.50. The first-order valence-corrected chi connectivity index (χ1v) is 9.22. The van der Waals surface area contributed by atoms with Crippen molar-refractivity contribution >= 4 is 0 Å². The molecule has 0 aromatic heterocycles. The van der Waals surface area contributed by atoms with Gasteiger partial charge < -0.3 is 4.90 Å². The highest BCUT2D eigenvalue weighted by Gasteiger charge is 2.29. The van der Waals surface area contributed by atoms with E-state index in [1.54, 1.807) is 0 Å². The number of benzene rings is 3. The maximum Gasteiger partial charge on any atom is 0.123 e. The molecular weight excluding hydrogens is 321 g/mol. The SMILES string of the molecule is CN(C)[C@H]1Cc2ccccc2[C@H](c2cccc(-c3ccc(F)cc3)c2)C1. The zero-order valence-corrected chi connectivity index (χ0v) is 15.3. The lowest BCUT2D eigenvalue weighted by Gasteiger charge is -2.35. The maximum atomic E-state index is 13.3. The number of halogens is 1. The molecule has 0 heterocycles. The molecule has 1 aliphatic rings. The lowest BCUT2D eigenvalue weighted by molar-refractivity contribution is 0.258. The van der Waals surface area contributed by atoms with E-state index in [4.69, 9.17) is 0 Å². The first kappa shape index (κ1) is 17.0. The molecule has 0 spiro atoms. The first-order chi connectivity index (χ1) is 12.6. The predicted molar refractivity (Wildman–Crippen MR) is 106 cm³/mol. The number of hydrogen-bond acceptors (Lipinski definition) is 1. The fourth-order valence-corrected chi connectivity index (χ4v) is 4.08. The third-order valence-electron chi connectivity index (χ3n) is 5.59. The van der Waals surface area contributed by atoms with Crippen LogP contribution in [0.2, 0.25) is 0 Å². The molecule has 1 nitrogen and oxygen atoms in total. The van der Waals surface area contributed by atoms with Gasteiger partial charge in [0.1, 0.15) is 5.82 Å². The van der Waals surface area contributed by atoms with Gasteiger partial charge in [0, 0.05) is 12.0 Å². The minimum absolute atomic E-state index is 0.195. The van der Waals surface area contributed by atoms with Gasteiger partial charge in [0.15, 0.2) is 0 Å². The summed E-state index contributed by atoms with van der Waals surface area (Å²) in [6, 6.07) is 24.9. The van der Waals surface area contributed by atoms with E-state index in [1.807, 2.05) is 12.1 Å². The van der Waals surface area contributed by atoms with E-state index < -0.39 is 0 Å². The lowest BCUT2D eigenvalue weighted by atomic mass is 9.76. The number of nitrogens with zero attached hydrogens (tertiary/aromatic N) is 1.